The quantitative estimate of drug-likeness (QED) is 0.349. The van der Waals surface area contributed by atoms with Crippen molar-refractivity contribution in [1.29, 1.82) is 0 Å². The summed E-state index contributed by atoms with van der Waals surface area (Å²) in [7, 11) is 2.14. The summed E-state index contributed by atoms with van der Waals surface area (Å²) >= 11 is 0. The third kappa shape index (κ3) is 5.83. The minimum absolute atomic E-state index is 0.110. The summed E-state index contributed by atoms with van der Waals surface area (Å²) in [5.74, 6) is 1.61. The molecular weight excluding hydrogens is 476 g/mol. The molecule has 1 aliphatic heterocycles. The van der Waals surface area contributed by atoms with Gasteiger partial charge in [-0.2, -0.15) is 10.2 Å². The number of hydrogen-bond donors (Lipinski definition) is 1. The van der Waals surface area contributed by atoms with E-state index in [0.717, 1.165) is 54.3 Å². The second-order valence-electron chi connectivity index (χ2n) is 11.2. The fraction of sp³-hybridized carbons (Fsp3) is 0.414. The van der Waals surface area contributed by atoms with Gasteiger partial charge in [0, 0.05) is 49.9 Å². The average molecular weight is 513 g/mol. The number of nitrogens with zero attached hydrogens (tertiary/aromatic N) is 7. The maximum Gasteiger partial charge on any atom is 0.166 e. The molecule has 1 aromatic carbocycles. The molecule has 9 nitrogen and oxygen atoms in total. The van der Waals surface area contributed by atoms with Gasteiger partial charge in [0.2, 0.25) is 0 Å². The zero-order valence-electron chi connectivity index (χ0n) is 22.9. The molecule has 5 rings (SSSR count). The highest BCUT2D eigenvalue weighted by Gasteiger charge is 2.18. The number of Topliss-reactive ketones (excluding diaryl/α,β-unsaturated/α-hetero) is 1. The van der Waals surface area contributed by atoms with Gasteiger partial charge in [0.15, 0.2) is 11.6 Å². The van der Waals surface area contributed by atoms with Gasteiger partial charge < -0.3 is 10.2 Å². The molecule has 0 atom stereocenters. The number of aromatic nitrogens is 6. The molecule has 38 heavy (non-hydrogen) atoms. The molecule has 198 valence electrons. The first kappa shape index (κ1) is 25.8. The van der Waals surface area contributed by atoms with Crippen molar-refractivity contribution in [2.24, 2.45) is 0 Å². The fourth-order valence-electron chi connectivity index (χ4n) is 4.76. The Hall–Kier alpha value is -3.85. The van der Waals surface area contributed by atoms with Crippen LogP contribution in [0.5, 0.6) is 0 Å². The second-order valence-corrected chi connectivity index (χ2v) is 11.2. The van der Waals surface area contributed by atoms with Crippen molar-refractivity contribution in [3.8, 4) is 11.3 Å². The van der Waals surface area contributed by atoms with Crippen LogP contribution in [0.3, 0.4) is 0 Å². The Morgan fingerprint density at radius 3 is 2.68 bits per heavy atom. The number of carbonyl (C=O) groups excluding carboxylic acids is 1. The van der Waals surface area contributed by atoms with E-state index in [4.69, 9.17) is 5.10 Å². The Morgan fingerprint density at radius 1 is 1.08 bits per heavy atom. The lowest BCUT2D eigenvalue weighted by molar-refractivity contribution is 0.0982. The normalized spacial score (nSPS) is 14.2. The number of aryl methyl sites for hydroxylation is 3. The predicted octanol–water partition coefficient (Wildman–Crippen LogP) is 4.99. The van der Waals surface area contributed by atoms with Crippen LogP contribution in [-0.4, -0.2) is 53.8 Å². The molecule has 1 N–H and O–H groups in total. The lowest BCUT2D eigenvalue weighted by Crippen LogP contribution is -2.22. The van der Waals surface area contributed by atoms with Gasteiger partial charge in [0.1, 0.15) is 12.1 Å². The van der Waals surface area contributed by atoms with Crippen molar-refractivity contribution in [1.82, 2.24) is 34.4 Å². The van der Waals surface area contributed by atoms with Gasteiger partial charge in [-0.05, 0) is 64.8 Å². The van der Waals surface area contributed by atoms with Gasteiger partial charge in [-0.25, -0.2) is 9.97 Å². The van der Waals surface area contributed by atoms with Crippen LogP contribution in [0.25, 0.3) is 11.3 Å². The first-order valence-electron chi connectivity index (χ1n) is 13.2. The van der Waals surface area contributed by atoms with Crippen LogP contribution < -0.4 is 5.32 Å². The molecule has 3 aromatic heterocycles. The molecule has 9 heteroatoms. The van der Waals surface area contributed by atoms with Crippen molar-refractivity contribution in [2.45, 2.75) is 65.6 Å². The molecule has 4 aromatic rings. The molecule has 1 aliphatic rings. The van der Waals surface area contributed by atoms with Crippen molar-refractivity contribution >= 4 is 17.4 Å². The van der Waals surface area contributed by atoms with E-state index >= 15 is 0 Å². The Kier molecular flexibility index (Phi) is 7.12. The van der Waals surface area contributed by atoms with Crippen molar-refractivity contribution in [2.75, 3.05) is 18.9 Å². The number of hydrogen-bond acceptors (Lipinski definition) is 7. The fourth-order valence-corrected chi connectivity index (χ4v) is 4.76. The average Bonchev–Trinajstić information content (AvgIpc) is 3.47. The number of rotatable bonds is 7. The third-order valence-corrected chi connectivity index (χ3v) is 6.98. The summed E-state index contributed by atoms with van der Waals surface area (Å²) in [6.45, 7) is 11.2. The SMILES string of the molecule is Cc1cc(-c2cc(Nc3cc4n(n3)CCCN(C)C4)ncn2)ccc1CCC(=O)c1cnn(C(C)(C)C)c1. The largest absolute Gasteiger partial charge is 0.323 e. The Balaban J connectivity index is 1.25. The Morgan fingerprint density at radius 2 is 1.92 bits per heavy atom. The highest BCUT2D eigenvalue weighted by Crippen LogP contribution is 2.25. The number of fused-ring (bicyclic) bond motifs is 1. The molecule has 4 heterocycles. The topological polar surface area (TPSA) is 93.8 Å². The van der Waals surface area contributed by atoms with Crippen LogP contribution in [-0.2, 0) is 25.0 Å². The highest BCUT2D eigenvalue weighted by atomic mass is 16.1. The van der Waals surface area contributed by atoms with Crippen LogP contribution >= 0.6 is 0 Å². The Labute approximate surface area is 223 Å². The highest BCUT2D eigenvalue weighted by molar-refractivity contribution is 5.95. The summed E-state index contributed by atoms with van der Waals surface area (Å²) in [5.41, 5.74) is 5.86. The first-order valence-corrected chi connectivity index (χ1v) is 13.2. The van der Waals surface area contributed by atoms with Gasteiger partial charge in [-0.3, -0.25) is 14.2 Å². The zero-order valence-corrected chi connectivity index (χ0v) is 22.9. The number of anilines is 2. The first-order chi connectivity index (χ1) is 18.2. The standard InChI is InChI=1S/C29H36N8O/c1-20-13-22(8-7-21(20)9-10-26(38)23-16-32-37(17-23)29(2,3)4)25-15-27(31-19-30-25)33-28-14-24-18-35(5)11-6-12-36(24)34-28/h7-8,13-17,19H,6,9-12,18H2,1-5H3,(H,30,31,33,34). The molecule has 0 unspecified atom stereocenters. The maximum atomic E-state index is 12.8. The van der Waals surface area contributed by atoms with Crippen LogP contribution in [0.15, 0.2) is 49.1 Å². The summed E-state index contributed by atoms with van der Waals surface area (Å²) in [4.78, 5) is 24.0. The molecule has 0 bridgehead atoms. The van der Waals surface area contributed by atoms with Crippen molar-refractivity contribution < 1.29 is 4.79 Å². The van der Waals surface area contributed by atoms with E-state index in [9.17, 15) is 4.79 Å². The molecule has 0 fully saturated rings. The summed E-state index contributed by atoms with van der Waals surface area (Å²) in [6, 6.07) is 10.3. The minimum Gasteiger partial charge on any atom is -0.323 e. The lowest BCUT2D eigenvalue weighted by atomic mass is 9.98. The summed E-state index contributed by atoms with van der Waals surface area (Å²) in [5, 5.41) is 12.4. The van der Waals surface area contributed by atoms with E-state index in [1.165, 1.54) is 5.69 Å². The monoisotopic (exact) mass is 512 g/mol. The minimum atomic E-state index is -0.143. The molecule has 0 amide bonds. The number of carbonyl (C=O) groups is 1. The van der Waals surface area contributed by atoms with Crippen LogP contribution in [0.4, 0.5) is 11.6 Å². The predicted molar refractivity (Wildman–Crippen MR) is 149 cm³/mol. The Bertz CT molecular complexity index is 1450. The molecule has 0 radical (unpaired) electrons. The van der Waals surface area contributed by atoms with E-state index in [2.05, 4.69) is 89.0 Å². The molecule has 0 aliphatic carbocycles. The maximum absolute atomic E-state index is 12.8. The van der Waals surface area contributed by atoms with Gasteiger partial charge in [-0.15, -0.1) is 0 Å². The van der Waals surface area contributed by atoms with E-state index < -0.39 is 0 Å². The number of benzene rings is 1. The van der Waals surface area contributed by atoms with Gasteiger partial charge >= 0.3 is 0 Å². The number of nitrogens with one attached hydrogen (secondary N) is 1. The van der Waals surface area contributed by atoms with Crippen LogP contribution in [0.1, 0.15) is 60.8 Å². The summed E-state index contributed by atoms with van der Waals surface area (Å²) in [6.07, 6.45) is 7.31. The van der Waals surface area contributed by atoms with Gasteiger partial charge in [0.25, 0.3) is 0 Å². The summed E-state index contributed by atoms with van der Waals surface area (Å²) < 4.78 is 3.92. The van der Waals surface area contributed by atoms with E-state index in [-0.39, 0.29) is 11.3 Å². The molecule has 0 spiro atoms. The van der Waals surface area contributed by atoms with Gasteiger partial charge in [0.05, 0.1) is 28.7 Å². The smallest absolute Gasteiger partial charge is 0.166 e. The van der Waals surface area contributed by atoms with Crippen molar-refractivity contribution in [3.63, 3.8) is 0 Å². The molecular formula is C29H36N8O. The second kappa shape index (κ2) is 10.5. The number of ketones is 1. The van der Waals surface area contributed by atoms with E-state index in [1.54, 1.807) is 12.5 Å². The molecule has 0 saturated carbocycles. The molecule has 0 saturated heterocycles. The van der Waals surface area contributed by atoms with E-state index in [0.29, 0.717) is 24.2 Å². The van der Waals surface area contributed by atoms with Crippen LogP contribution in [0, 0.1) is 6.92 Å². The zero-order chi connectivity index (χ0) is 26.9. The third-order valence-electron chi connectivity index (χ3n) is 6.98. The van der Waals surface area contributed by atoms with Crippen LogP contribution in [0.2, 0.25) is 0 Å². The van der Waals surface area contributed by atoms with E-state index in [1.807, 2.05) is 16.9 Å². The lowest BCUT2D eigenvalue weighted by Gasteiger charge is -2.18. The van der Waals surface area contributed by atoms with Crippen molar-refractivity contribution in [3.05, 3.63) is 71.4 Å². The van der Waals surface area contributed by atoms with Gasteiger partial charge in [-0.1, -0.05) is 12.1 Å².